The number of ether oxygens (including phenoxy) is 1. The predicted octanol–water partition coefficient (Wildman–Crippen LogP) is 1.86. The third-order valence-electron chi connectivity index (χ3n) is 4.63. The lowest BCUT2D eigenvalue weighted by atomic mass is 9.98. The second-order valence-electron chi connectivity index (χ2n) is 5.90. The second-order valence-corrected chi connectivity index (χ2v) is 7.83. The Kier molecular flexibility index (Phi) is 5.37. The van der Waals surface area contributed by atoms with Crippen molar-refractivity contribution >= 4 is 22.4 Å². The van der Waals surface area contributed by atoms with E-state index in [-0.39, 0.29) is 18.4 Å². The Labute approximate surface area is 138 Å². The fraction of sp³-hybridized carbons (Fsp3) is 0.600. The van der Waals surface area contributed by atoms with Crippen molar-refractivity contribution in [3.8, 4) is 5.75 Å². The number of rotatable bonds is 4. The van der Waals surface area contributed by atoms with Crippen LogP contribution in [0.25, 0.3) is 0 Å². The van der Waals surface area contributed by atoms with Crippen LogP contribution in [0.3, 0.4) is 0 Å². The van der Waals surface area contributed by atoms with E-state index in [0.717, 1.165) is 12.8 Å². The monoisotopic (exact) mass is 346 g/mol. The molecule has 5 nitrogen and oxygen atoms in total. The van der Waals surface area contributed by atoms with Gasteiger partial charge >= 0.3 is 0 Å². The van der Waals surface area contributed by atoms with Crippen LogP contribution >= 0.6 is 12.4 Å². The first kappa shape index (κ1) is 17.5. The summed E-state index contributed by atoms with van der Waals surface area (Å²) in [5, 5.41) is 0. The Hall–Kier alpha value is -0.820. The van der Waals surface area contributed by atoms with Crippen molar-refractivity contribution in [3.63, 3.8) is 0 Å². The topological polar surface area (TPSA) is 72.6 Å². The average molecular weight is 347 g/mol. The van der Waals surface area contributed by atoms with Crippen molar-refractivity contribution in [3.05, 3.63) is 24.3 Å². The van der Waals surface area contributed by atoms with Gasteiger partial charge in [0.05, 0.1) is 11.5 Å². The number of halogens is 1. The van der Waals surface area contributed by atoms with Gasteiger partial charge in [-0.3, -0.25) is 0 Å². The maximum Gasteiger partial charge on any atom is 0.243 e. The van der Waals surface area contributed by atoms with Gasteiger partial charge in [-0.15, -0.1) is 12.4 Å². The predicted molar refractivity (Wildman–Crippen MR) is 87.8 cm³/mol. The second kappa shape index (κ2) is 6.74. The Bertz CT molecular complexity index is 623. The first-order valence-corrected chi connectivity index (χ1v) is 8.95. The molecule has 7 heteroatoms. The lowest BCUT2D eigenvalue weighted by Gasteiger charge is -2.19. The number of benzene rings is 1. The third kappa shape index (κ3) is 3.11. The molecule has 0 bridgehead atoms. The van der Waals surface area contributed by atoms with Crippen molar-refractivity contribution in [1.82, 2.24) is 4.31 Å². The lowest BCUT2D eigenvalue weighted by Crippen LogP contribution is -2.33. The summed E-state index contributed by atoms with van der Waals surface area (Å²) in [5.41, 5.74) is 6.09. The molecule has 1 aromatic rings. The highest BCUT2D eigenvalue weighted by Crippen LogP contribution is 2.39. The minimum Gasteiger partial charge on any atom is -0.494 e. The summed E-state index contributed by atoms with van der Waals surface area (Å²) in [6.45, 7) is 3.54. The quantitative estimate of drug-likeness (QED) is 0.903. The molecule has 1 saturated carbocycles. The normalized spacial score (nSPS) is 28.2. The van der Waals surface area contributed by atoms with Crippen LogP contribution in [0.4, 0.5) is 0 Å². The van der Waals surface area contributed by atoms with Crippen LogP contribution in [0.2, 0.25) is 0 Å². The van der Waals surface area contributed by atoms with Crippen LogP contribution in [0.1, 0.15) is 19.8 Å². The Morgan fingerprint density at radius 1 is 1.32 bits per heavy atom. The molecule has 1 heterocycles. The lowest BCUT2D eigenvalue weighted by molar-refractivity contribution is 0.339. The minimum atomic E-state index is -3.45. The summed E-state index contributed by atoms with van der Waals surface area (Å²) in [4.78, 5) is 0.307. The summed E-state index contributed by atoms with van der Waals surface area (Å²) >= 11 is 0. The molecule has 1 aliphatic carbocycles. The van der Waals surface area contributed by atoms with Gasteiger partial charge in [0.2, 0.25) is 10.0 Å². The van der Waals surface area contributed by atoms with Gasteiger partial charge in [-0.05, 0) is 43.7 Å². The number of nitrogens with zero attached hydrogens (tertiary/aromatic N) is 1. The van der Waals surface area contributed by atoms with E-state index in [0.29, 0.717) is 42.2 Å². The van der Waals surface area contributed by atoms with Gasteiger partial charge in [-0.25, -0.2) is 8.42 Å². The van der Waals surface area contributed by atoms with Crippen LogP contribution in [-0.2, 0) is 10.0 Å². The molecular weight excluding hydrogens is 324 g/mol. The molecule has 1 saturated heterocycles. The van der Waals surface area contributed by atoms with E-state index in [1.807, 2.05) is 6.92 Å². The summed E-state index contributed by atoms with van der Waals surface area (Å²) in [7, 11) is -3.45. The highest BCUT2D eigenvalue weighted by molar-refractivity contribution is 7.89. The average Bonchev–Trinajstić information content (AvgIpc) is 3.03. The third-order valence-corrected chi connectivity index (χ3v) is 6.46. The van der Waals surface area contributed by atoms with Crippen molar-refractivity contribution in [2.24, 2.45) is 17.6 Å². The van der Waals surface area contributed by atoms with E-state index in [1.54, 1.807) is 28.6 Å². The zero-order chi connectivity index (χ0) is 15.0. The molecule has 3 unspecified atom stereocenters. The van der Waals surface area contributed by atoms with Gasteiger partial charge in [0, 0.05) is 25.2 Å². The van der Waals surface area contributed by atoms with Crippen LogP contribution < -0.4 is 10.5 Å². The van der Waals surface area contributed by atoms with Crippen molar-refractivity contribution in [2.75, 3.05) is 19.7 Å². The SMILES string of the molecule is CCOc1cccc(S(=O)(=O)N2CC3CCC(N)C3C2)c1.Cl. The molecule has 0 spiro atoms. The zero-order valence-corrected chi connectivity index (χ0v) is 14.3. The maximum atomic E-state index is 12.8. The first-order valence-electron chi connectivity index (χ1n) is 7.51. The smallest absolute Gasteiger partial charge is 0.243 e. The van der Waals surface area contributed by atoms with Gasteiger partial charge in [0.1, 0.15) is 5.75 Å². The molecule has 0 radical (unpaired) electrons. The van der Waals surface area contributed by atoms with E-state index in [9.17, 15) is 8.42 Å². The molecule has 22 heavy (non-hydrogen) atoms. The molecular formula is C15H23ClN2O3S. The summed E-state index contributed by atoms with van der Waals surface area (Å²) in [5.74, 6) is 1.33. The molecule has 124 valence electrons. The first-order chi connectivity index (χ1) is 10.0. The van der Waals surface area contributed by atoms with Gasteiger partial charge < -0.3 is 10.5 Å². The van der Waals surface area contributed by atoms with E-state index < -0.39 is 10.0 Å². The summed E-state index contributed by atoms with van der Waals surface area (Å²) in [6, 6.07) is 6.88. The van der Waals surface area contributed by atoms with Crippen LogP contribution in [-0.4, -0.2) is 38.5 Å². The molecule has 1 aliphatic heterocycles. The van der Waals surface area contributed by atoms with Crippen LogP contribution in [0.15, 0.2) is 29.2 Å². The molecule has 2 fully saturated rings. The van der Waals surface area contributed by atoms with E-state index in [2.05, 4.69) is 0 Å². The van der Waals surface area contributed by atoms with Gasteiger partial charge in [-0.2, -0.15) is 4.31 Å². The van der Waals surface area contributed by atoms with Crippen molar-refractivity contribution in [2.45, 2.75) is 30.7 Å². The molecule has 0 amide bonds. The molecule has 2 N–H and O–H groups in total. The van der Waals surface area contributed by atoms with Crippen molar-refractivity contribution < 1.29 is 13.2 Å². The fourth-order valence-electron chi connectivity index (χ4n) is 3.50. The molecule has 0 aromatic heterocycles. The fourth-order valence-corrected chi connectivity index (χ4v) is 5.07. The van der Waals surface area contributed by atoms with Gasteiger partial charge in [-0.1, -0.05) is 6.07 Å². The van der Waals surface area contributed by atoms with Gasteiger partial charge in [0.15, 0.2) is 0 Å². The van der Waals surface area contributed by atoms with Crippen LogP contribution in [0.5, 0.6) is 5.75 Å². The number of nitrogens with two attached hydrogens (primary N) is 1. The molecule has 1 aromatic carbocycles. The Morgan fingerprint density at radius 2 is 2.09 bits per heavy atom. The number of fused-ring (bicyclic) bond motifs is 1. The van der Waals surface area contributed by atoms with Crippen molar-refractivity contribution in [1.29, 1.82) is 0 Å². The highest BCUT2D eigenvalue weighted by Gasteiger charge is 2.45. The summed E-state index contributed by atoms with van der Waals surface area (Å²) < 4.78 is 32.5. The van der Waals surface area contributed by atoms with E-state index in [4.69, 9.17) is 10.5 Å². The standard InChI is InChI=1S/C15H22N2O3S.ClH/c1-2-20-12-4-3-5-13(8-12)21(18,19)17-9-11-6-7-15(16)14(11)10-17;/h3-5,8,11,14-15H,2,6-7,9-10,16H2,1H3;1H. The largest absolute Gasteiger partial charge is 0.494 e. The summed E-state index contributed by atoms with van der Waals surface area (Å²) in [6.07, 6.45) is 2.06. The zero-order valence-electron chi connectivity index (χ0n) is 12.6. The van der Waals surface area contributed by atoms with Crippen LogP contribution in [0, 0.1) is 11.8 Å². The number of hydrogen-bond acceptors (Lipinski definition) is 4. The molecule has 3 rings (SSSR count). The molecule has 2 aliphatic rings. The maximum absolute atomic E-state index is 12.8. The van der Waals surface area contributed by atoms with E-state index in [1.165, 1.54) is 0 Å². The number of hydrogen-bond donors (Lipinski definition) is 1. The van der Waals surface area contributed by atoms with E-state index >= 15 is 0 Å². The number of sulfonamides is 1. The minimum absolute atomic E-state index is 0. The Morgan fingerprint density at radius 3 is 2.77 bits per heavy atom. The molecule has 3 atom stereocenters. The highest BCUT2D eigenvalue weighted by atomic mass is 35.5. The Balaban J connectivity index is 0.00000176. The van der Waals surface area contributed by atoms with Gasteiger partial charge in [0.25, 0.3) is 0 Å².